The van der Waals surface area contributed by atoms with Crippen LogP contribution >= 0.6 is 0 Å². The predicted octanol–water partition coefficient (Wildman–Crippen LogP) is 3.42. The van der Waals surface area contributed by atoms with Gasteiger partial charge in [-0.05, 0) is 69.1 Å². The van der Waals surface area contributed by atoms with Crippen LogP contribution in [-0.2, 0) is 0 Å². The molecule has 2 atom stereocenters. The third-order valence-electron chi connectivity index (χ3n) is 6.84. The molecule has 1 saturated heterocycles. The van der Waals surface area contributed by atoms with Crippen molar-refractivity contribution in [3.8, 4) is 0 Å². The molecular weight excluding hydrogens is 244 g/mol. The van der Waals surface area contributed by atoms with E-state index in [0.29, 0.717) is 21.9 Å². The third kappa shape index (κ3) is 1.98. The van der Waals surface area contributed by atoms with E-state index in [2.05, 4.69) is 37.9 Å². The normalized spacial score (nSPS) is 54.3. The lowest BCUT2D eigenvalue weighted by Gasteiger charge is -2.69. The molecule has 0 radical (unpaired) electrons. The molecule has 20 heavy (non-hydrogen) atoms. The Bertz CT molecular complexity index is 409. The van der Waals surface area contributed by atoms with Crippen LogP contribution in [0, 0.1) is 16.7 Å². The van der Waals surface area contributed by atoms with Gasteiger partial charge in [0.05, 0.1) is 0 Å². The van der Waals surface area contributed by atoms with Crippen molar-refractivity contribution < 1.29 is 0 Å². The minimum Gasteiger partial charge on any atom is -0.309 e. The Morgan fingerprint density at radius 2 is 1.55 bits per heavy atom. The first-order chi connectivity index (χ1) is 9.22. The Kier molecular flexibility index (Phi) is 2.59. The number of hydrogen-bond acceptors (Lipinski definition) is 2. The average Bonchev–Trinajstić information content (AvgIpc) is 2.22. The highest BCUT2D eigenvalue weighted by atomic mass is 15.3. The number of hydrogen-bond donors (Lipinski definition) is 1. The summed E-state index contributed by atoms with van der Waals surface area (Å²) in [6, 6.07) is 0. The van der Waals surface area contributed by atoms with Crippen molar-refractivity contribution in [1.82, 2.24) is 10.2 Å². The van der Waals surface area contributed by atoms with Crippen molar-refractivity contribution in [2.24, 2.45) is 16.7 Å². The maximum Gasteiger partial charge on any atom is 0.0252 e. The molecule has 5 rings (SSSR count). The number of nitrogens with one attached hydrogen (secondary N) is 1. The molecule has 0 aromatic rings. The van der Waals surface area contributed by atoms with Crippen LogP contribution in [0.1, 0.15) is 66.2 Å². The van der Waals surface area contributed by atoms with Crippen molar-refractivity contribution in [2.45, 2.75) is 77.3 Å². The largest absolute Gasteiger partial charge is 0.309 e. The van der Waals surface area contributed by atoms with E-state index < -0.39 is 0 Å². The highest BCUT2D eigenvalue weighted by Gasteiger charge is 2.62. The molecule has 4 bridgehead atoms. The molecule has 4 saturated carbocycles. The first-order valence-electron chi connectivity index (χ1n) is 8.72. The van der Waals surface area contributed by atoms with Gasteiger partial charge in [0.1, 0.15) is 0 Å². The van der Waals surface area contributed by atoms with Gasteiger partial charge in [-0.25, -0.2) is 0 Å². The summed E-state index contributed by atoms with van der Waals surface area (Å²) in [5.41, 5.74) is 2.12. The molecule has 1 N–H and O–H groups in total. The van der Waals surface area contributed by atoms with Gasteiger partial charge >= 0.3 is 0 Å². The zero-order chi connectivity index (χ0) is 14.2. The van der Waals surface area contributed by atoms with E-state index in [4.69, 9.17) is 0 Å². The molecule has 0 aromatic carbocycles. The molecule has 1 aliphatic heterocycles. The van der Waals surface area contributed by atoms with Crippen LogP contribution in [0.5, 0.6) is 0 Å². The topological polar surface area (TPSA) is 15.3 Å². The molecule has 114 valence electrons. The molecule has 0 amide bonds. The summed E-state index contributed by atoms with van der Waals surface area (Å²) in [5, 5.41) is 3.70. The Hall–Kier alpha value is -0.0800. The van der Waals surface area contributed by atoms with Gasteiger partial charge in [-0.1, -0.05) is 13.8 Å². The van der Waals surface area contributed by atoms with E-state index in [-0.39, 0.29) is 0 Å². The third-order valence-corrected chi connectivity index (χ3v) is 6.84. The monoisotopic (exact) mass is 276 g/mol. The van der Waals surface area contributed by atoms with Crippen molar-refractivity contribution in [3.05, 3.63) is 0 Å². The highest BCUT2D eigenvalue weighted by Crippen LogP contribution is 2.67. The fourth-order valence-corrected chi connectivity index (χ4v) is 7.29. The van der Waals surface area contributed by atoms with Crippen LogP contribution in [0.3, 0.4) is 0 Å². The van der Waals surface area contributed by atoms with Crippen LogP contribution in [0.15, 0.2) is 0 Å². The molecule has 2 unspecified atom stereocenters. The molecule has 5 aliphatic rings. The van der Waals surface area contributed by atoms with Crippen molar-refractivity contribution in [3.63, 3.8) is 0 Å². The standard InChI is InChI=1S/C18H32N2/c1-15(2)13-20(6-5-19-15)18-9-14-7-16(3,11-18)10-17(4,8-14)12-18/h14,19H,5-13H2,1-4H3. The van der Waals surface area contributed by atoms with Gasteiger partial charge in [-0.15, -0.1) is 0 Å². The maximum absolute atomic E-state index is 3.70. The van der Waals surface area contributed by atoms with Crippen LogP contribution in [0.2, 0.25) is 0 Å². The summed E-state index contributed by atoms with van der Waals surface area (Å²) < 4.78 is 0. The zero-order valence-corrected chi connectivity index (χ0v) is 13.9. The second-order valence-electron chi connectivity index (χ2n) is 10.1. The zero-order valence-electron chi connectivity index (χ0n) is 13.9. The van der Waals surface area contributed by atoms with Crippen LogP contribution in [0.4, 0.5) is 0 Å². The van der Waals surface area contributed by atoms with E-state index >= 15 is 0 Å². The minimum atomic E-state index is 0.295. The second kappa shape index (κ2) is 3.81. The lowest BCUT2D eigenvalue weighted by molar-refractivity contribution is -0.168. The Balaban J connectivity index is 1.67. The van der Waals surface area contributed by atoms with Gasteiger partial charge < -0.3 is 5.32 Å². The summed E-state index contributed by atoms with van der Waals surface area (Å²) >= 11 is 0. The smallest absolute Gasteiger partial charge is 0.0252 e. The van der Waals surface area contributed by atoms with Gasteiger partial charge in [0.25, 0.3) is 0 Å². The van der Waals surface area contributed by atoms with Gasteiger partial charge in [0.2, 0.25) is 0 Å². The Morgan fingerprint density at radius 3 is 2.10 bits per heavy atom. The Morgan fingerprint density at radius 1 is 0.900 bits per heavy atom. The summed E-state index contributed by atoms with van der Waals surface area (Å²) in [5.74, 6) is 1.01. The second-order valence-corrected chi connectivity index (χ2v) is 10.1. The van der Waals surface area contributed by atoms with Gasteiger partial charge in [-0.2, -0.15) is 0 Å². The number of nitrogens with zero attached hydrogens (tertiary/aromatic N) is 1. The first-order valence-corrected chi connectivity index (χ1v) is 8.72. The lowest BCUT2D eigenvalue weighted by atomic mass is 9.42. The molecule has 5 fully saturated rings. The number of rotatable bonds is 1. The number of piperazine rings is 1. The molecule has 2 nitrogen and oxygen atoms in total. The van der Waals surface area contributed by atoms with E-state index in [1.165, 1.54) is 58.2 Å². The van der Waals surface area contributed by atoms with Crippen molar-refractivity contribution in [2.75, 3.05) is 19.6 Å². The van der Waals surface area contributed by atoms with Gasteiger partial charge in [0, 0.05) is 30.7 Å². The van der Waals surface area contributed by atoms with Crippen molar-refractivity contribution >= 4 is 0 Å². The molecule has 2 heteroatoms. The summed E-state index contributed by atoms with van der Waals surface area (Å²) in [6.07, 6.45) is 8.96. The SMILES string of the molecule is CC12CC3CC(C)(C1)CC(N1CCNC(C)(C)C1)(C3)C2. The maximum atomic E-state index is 3.70. The highest BCUT2D eigenvalue weighted by molar-refractivity contribution is 5.16. The van der Waals surface area contributed by atoms with E-state index in [1.54, 1.807) is 0 Å². The summed E-state index contributed by atoms with van der Waals surface area (Å²) in [4.78, 5) is 2.91. The Labute approximate surface area is 124 Å². The van der Waals surface area contributed by atoms with Crippen LogP contribution < -0.4 is 5.32 Å². The van der Waals surface area contributed by atoms with E-state index in [1.807, 2.05) is 0 Å². The molecule has 0 spiro atoms. The molecule has 1 heterocycles. The predicted molar refractivity (Wildman–Crippen MR) is 83.8 cm³/mol. The lowest BCUT2D eigenvalue weighted by Crippen LogP contribution is -2.70. The quantitative estimate of drug-likeness (QED) is 0.789. The van der Waals surface area contributed by atoms with E-state index in [9.17, 15) is 0 Å². The van der Waals surface area contributed by atoms with Crippen molar-refractivity contribution in [1.29, 1.82) is 0 Å². The molecular formula is C18H32N2. The van der Waals surface area contributed by atoms with Gasteiger partial charge in [-0.3, -0.25) is 4.90 Å². The fraction of sp³-hybridized carbons (Fsp3) is 1.00. The average molecular weight is 276 g/mol. The fourth-order valence-electron chi connectivity index (χ4n) is 7.29. The molecule has 0 aromatic heterocycles. The van der Waals surface area contributed by atoms with E-state index in [0.717, 1.165) is 5.92 Å². The van der Waals surface area contributed by atoms with Crippen LogP contribution in [0.25, 0.3) is 0 Å². The summed E-state index contributed by atoms with van der Waals surface area (Å²) in [6.45, 7) is 13.6. The molecule has 4 aliphatic carbocycles. The van der Waals surface area contributed by atoms with Gasteiger partial charge in [0.15, 0.2) is 0 Å². The summed E-state index contributed by atoms with van der Waals surface area (Å²) in [7, 11) is 0. The van der Waals surface area contributed by atoms with Crippen LogP contribution in [-0.4, -0.2) is 35.6 Å². The minimum absolute atomic E-state index is 0.295. The first kappa shape index (κ1) is 13.6.